The van der Waals surface area contributed by atoms with Crippen molar-refractivity contribution in [2.24, 2.45) is 5.92 Å². The van der Waals surface area contributed by atoms with Crippen molar-refractivity contribution in [2.45, 2.75) is 97.8 Å². The molecule has 3 nitrogen and oxygen atoms in total. The summed E-state index contributed by atoms with van der Waals surface area (Å²) in [5.41, 5.74) is 0. The van der Waals surface area contributed by atoms with Crippen molar-refractivity contribution < 1.29 is 13.3 Å². The molecule has 8 heteroatoms. The SMILES string of the molecule is CCO[Si](CSSSSCCC1CCCCCCCCCCC1)(OCC)OCC. The highest BCUT2D eigenvalue weighted by atomic mass is 33.7. The van der Waals surface area contributed by atoms with Crippen LogP contribution in [0.25, 0.3) is 0 Å². The van der Waals surface area contributed by atoms with E-state index in [4.69, 9.17) is 13.3 Å². The van der Waals surface area contributed by atoms with Gasteiger partial charge < -0.3 is 13.3 Å². The van der Waals surface area contributed by atoms with Gasteiger partial charge in [-0.05, 0) is 52.8 Å². The first kappa shape index (κ1) is 28.5. The summed E-state index contributed by atoms with van der Waals surface area (Å²) >= 11 is 0. The maximum Gasteiger partial charge on any atom is 0.512 e. The van der Waals surface area contributed by atoms with Crippen LogP contribution in [0.3, 0.4) is 0 Å². The second kappa shape index (κ2) is 20.1. The third-order valence-corrected chi connectivity index (χ3v) is 16.0. The standard InChI is InChI=1S/C21H44O3S4Si/c1-4-22-29(23-5-2,24-6-3)20-26-28-27-25-19-18-21-16-14-12-10-8-7-9-11-13-15-17-21/h21H,4-20H2,1-3H3. The number of hydrogen-bond donors (Lipinski definition) is 0. The summed E-state index contributed by atoms with van der Waals surface area (Å²) in [7, 11) is 5.11. The minimum absolute atomic E-state index is 0.654. The Bertz CT molecular complexity index is 338. The maximum atomic E-state index is 5.92. The van der Waals surface area contributed by atoms with Gasteiger partial charge in [-0.3, -0.25) is 0 Å². The average molecular weight is 501 g/mol. The molecule has 0 aliphatic heterocycles. The Balaban J connectivity index is 2.18. The predicted molar refractivity (Wildman–Crippen MR) is 140 cm³/mol. The quantitative estimate of drug-likeness (QED) is 0.134. The minimum Gasteiger partial charge on any atom is -0.373 e. The van der Waals surface area contributed by atoms with E-state index in [1.54, 1.807) is 0 Å². The molecular weight excluding hydrogens is 457 g/mol. The van der Waals surface area contributed by atoms with Crippen LogP contribution in [-0.2, 0) is 13.3 Å². The van der Waals surface area contributed by atoms with Crippen LogP contribution in [0.2, 0.25) is 0 Å². The third-order valence-electron chi connectivity index (χ3n) is 5.29. The minimum atomic E-state index is -2.50. The molecule has 174 valence electrons. The zero-order chi connectivity index (χ0) is 21.0. The van der Waals surface area contributed by atoms with Crippen molar-refractivity contribution in [2.75, 3.05) is 30.9 Å². The molecule has 0 radical (unpaired) electrons. The van der Waals surface area contributed by atoms with Gasteiger partial charge in [0.05, 0.1) is 5.38 Å². The molecule has 0 heterocycles. The summed E-state index contributed by atoms with van der Waals surface area (Å²) in [6, 6.07) is 0. The molecule has 0 aromatic heterocycles. The van der Waals surface area contributed by atoms with Crippen molar-refractivity contribution in [3.05, 3.63) is 0 Å². The average Bonchev–Trinajstić information content (AvgIpc) is 2.69. The van der Waals surface area contributed by atoms with Crippen LogP contribution in [-0.4, -0.2) is 39.8 Å². The Hall–Kier alpha value is 1.50. The van der Waals surface area contributed by atoms with Gasteiger partial charge in [-0.25, -0.2) is 0 Å². The van der Waals surface area contributed by atoms with E-state index in [0.29, 0.717) is 19.8 Å². The van der Waals surface area contributed by atoms with Crippen LogP contribution in [0.15, 0.2) is 0 Å². The van der Waals surface area contributed by atoms with E-state index >= 15 is 0 Å². The highest BCUT2D eigenvalue weighted by molar-refractivity contribution is 9.26. The Morgan fingerprint density at radius 2 is 1.10 bits per heavy atom. The van der Waals surface area contributed by atoms with E-state index < -0.39 is 8.80 Å². The number of rotatable bonds is 14. The first-order valence-corrected chi connectivity index (χ1v) is 18.8. The Morgan fingerprint density at radius 3 is 1.59 bits per heavy atom. The monoisotopic (exact) mass is 500 g/mol. The van der Waals surface area contributed by atoms with Crippen LogP contribution in [0, 0.1) is 5.92 Å². The lowest BCUT2D eigenvalue weighted by Gasteiger charge is -2.27. The normalized spacial score (nSPS) is 18.3. The van der Waals surface area contributed by atoms with Gasteiger partial charge in [-0.2, -0.15) is 0 Å². The highest BCUT2D eigenvalue weighted by Crippen LogP contribution is 2.44. The summed E-state index contributed by atoms with van der Waals surface area (Å²) in [6.45, 7) is 8.02. The second-order valence-electron chi connectivity index (χ2n) is 7.62. The van der Waals surface area contributed by atoms with E-state index in [2.05, 4.69) is 0 Å². The molecule has 0 bridgehead atoms. The molecule has 0 aromatic rings. The Kier molecular flexibility index (Phi) is 19.8. The van der Waals surface area contributed by atoms with Gasteiger partial charge in [0.25, 0.3) is 0 Å². The molecule has 0 unspecified atom stereocenters. The van der Waals surface area contributed by atoms with E-state index in [0.717, 1.165) is 11.3 Å². The van der Waals surface area contributed by atoms with Gasteiger partial charge in [-0.1, -0.05) is 92.2 Å². The maximum absolute atomic E-state index is 5.92. The largest absolute Gasteiger partial charge is 0.512 e. The van der Waals surface area contributed by atoms with Gasteiger partial charge in [-0.15, -0.1) is 0 Å². The molecule has 1 aliphatic carbocycles. The topological polar surface area (TPSA) is 27.7 Å². The molecule has 1 aliphatic rings. The zero-order valence-electron chi connectivity index (χ0n) is 19.0. The van der Waals surface area contributed by atoms with Crippen molar-refractivity contribution in [3.63, 3.8) is 0 Å². The van der Waals surface area contributed by atoms with Crippen LogP contribution < -0.4 is 0 Å². The van der Waals surface area contributed by atoms with Crippen LogP contribution >= 0.6 is 41.2 Å². The molecule has 0 spiro atoms. The van der Waals surface area contributed by atoms with Gasteiger partial charge in [0.15, 0.2) is 0 Å². The lowest BCUT2D eigenvalue weighted by atomic mass is 9.91. The van der Waals surface area contributed by atoms with Gasteiger partial charge in [0.1, 0.15) is 0 Å². The number of hydrogen-bond acceptors (Lipinski definition) is 7. The van der Waals surface area contributed by atoms with Crippen LogP contribution in [0.5, 0.6) is 0 Å². The van der Waals surface area contributed by atoms with Gasteiger partial charge in [0.2, 0.25) is 0 Å². The lowest BCUT2D eigenvalue weighted by molar-refractivity contribution is 0.0774. The molecular formula is C21H44O3S4Si. The fourth-order valence-corrected chi connectivity index (χ4v) is 14.9. The first-order valence-electron chi connectivity index (χ1n) is 11.8. The van der Waals surface area contributed by atoms with Crippen molar-refractivity contribution >= 4 is 50.0 Å². The fourth-order valence-electron chi connectivity index (χ4n) is 3.83. The lowest BCUT2D eigenvalue weighted by Crippen LogP contribution is -2.48. The summed E-state index contributed by atoms with van der Waals surface area (Å²) in [6.07, 6.45) is 17.4. The first-order chi connectivity index (χ1) is 14.3. The van der Waals surface area contributed by atoms with Crippen molar-refractivity contribution in [1.82, 2.24) is 0 Å². The fraction of sp³-hybridized carbons (Fsp3) is 1.00. The Morgan fingerprint density at radius 1 is 0.655 bits per heavy atom. The van der Waals surface area contributed by atoms with E-state index in [9.17, 15) is 0 Å². The summed E-state index contributed by atoms with van der Waals surface area (Å²) in [5.74, 6) is 2.22. The summed E-state index contributed by atoms with van der Waals surface area (Å²) in [5, 5.41) is 0.823. The molecule has 1 rings (SSSR count). The molecule has 0 atom stereocenters. The van der Waals surface area contributed by atoms with E-state index in [1.165, 1.54) is 82.8 Å². The molecule has 29 heavy (non-hydrogen) atoms. The van der Waals surface area contributed by atoms with Gasteiger partial charge >= 0.3 is 8.80 Å². The van der Waals surface area contributed by atoms with E-state index in [1.807, 2.05) is 62.0 Å². The second-order valence-corrected chi connectivity index (χ2v) is 16.8. The summed E-state index contributed by atoms with van der Waals surface area (Å²) < 4.78 is 17.8. The molecule has 0 N–H and O–H groups in total. The molecule has 0 saturated heterocycles. The zero-order valence-corrected chi connectivity index (χ0v) is 23.2. The molecule has 1 fully saturated rings. The van der Waals surface area contributed by atoms with E-state index in [-0.39, 0.29) is 0 Å². The molecule has 1 saturated carbocycles. The van der Waals surface area contributed by atoms with Crippen LogP contribution in [0.1, 0.15) is 97.8 Å². The summed E-state index contributed by atoms with van der Waals surface area (Å²) in [4.78, 5) is 0. The van der Waals surface area contributed by atoms with Crippen LogP contribution in [0.4, 0.5) is 0 Å². The Labute approximate surface area is 197 Å². The third kappa shape index (κ3) is 15.0. The van der Waals surface area contributed by atoms with Crippen molar-refractivity contribution in [1.29, 1.82) is 0 Å². The van der Waals surface area contributed by atoms with Crippen molar-refractivity contribution in [3.8, 4) is 0 Å². The molecule has 0 aromatic carbocycles. The smallest absolute Gasteiger partial charge is 0.373 e. The predicted octanol–water partition coefficient (Wildman–Crippen LogP) is 8.56. The highest BCUT2D eigenvalue weighted by Gasteiger charge is 2.40. The molecule has 0 amide bonds. The van der Waals surface area contributed by atoms with Gasteiger partial charge in [0, 0.05) is 25.6 Å².